The predicted octanol–water partition coefficient (Wildman–Crippen LogP) is 4.15. The highest BCUT2D eigenvalue weighted by atomic mass is 16.5. The first-order chi connectivity index (χ1) is 10.1. The molecule has 0 bridgehead atoms. The van der Waals surface area contributed by atoms with Gasteiger partial charge in [-0.25, -0.2) is 0 Å². The van der Waals surface area contributed by atoms with Gasteiger partial charge >= 0.3 is 0 Å². The Morgan fingerprint density at radius 2 is 1.86 bits per heavy atom. The predicted molar refractivity (Wildman–Crippen MR) is 89.0 cm³/mol. The quantitative estimate of drug-likeness (QED) is 0.631. The van der Waals surface area contributed by atoms with Gasteiger partial charge in [0.25, 0.3) is 0 Å². The van der Waals surface area contributed by atoms with Crippen molar-refractivity contribution in [3.63, 3.8) is 0 Å². The molecule has 21 heavy (non-hydrogen) atoms. The van der Waals surface area contributed by atoms with Crippen LogP contribution in [0.15, 0.2) is 29.3 Å². The van der Waals surface area contributed by atoms with E-state index >= 15 is 0 Å². The van der Waals surface area contributed by atoms with Crippen LogP contribution < -0.4 is 10.5 Å². The highest BCUT2D eigenvalue weighted by Crippen LogP contribution is 2.21. The first-order valence-electron chi connectivity index (χ1n) is 8.21. The van der Waals surface area contributed by atoms with Crippen molar-refractivity contribution in [1.29, 1.82) is 0 Å². The molecule has 1 aliphatic rings. The Bertz CT molecular complexity index is 445. The molecular weight excluding hydrogens is 260 g/mol. The molecule has 0 heterocycles. The molecule has 0 saturated heterocycles. The molecule has 0 aromatic heterocycles. The van der Waals surface area contributed by atoms with Crippen LogP contribution in [0.4, 0.5) is 0 Å². The molecular formula is C18H28N2O. The zero-order chi connectivity index (χ0) is 15.1. The van der Waals surface area contributed by atoms with Crippen LogP contribution in [0.25, 0.3) is 0 Å². The third kappa shape index (κ3) is 5.41. The molecule has 116 valence electrons. The zero-order valence-electron chi connectivity index (χ0n) is 13.3. The summed E-state index contributed by atoms with van der Waals surface area (Å²) in [6, 6.07) is 8.40. The molecule has 0 spiro atoms. The summed E-state index contributed by atoms with van der Waals surface area (Å²) in [5, 5.41) is 0. The smallest absolute Gasteiger partial charge is 0.125 e. The molecule has 2 N–H and O–H groups in total. The molecule has 3 nitrogen and oxygen atoms in total. The molecule has 1 aromatic rings. The van der Waals surface area contributed by atoms with Gasteiger partial charge in [-0.15, -0.1) is 0 Å². The average molecular weight is 288 g/mol. The second kappa shape index (κ2) is 8.06. The van der Waals surface area contributed by atoms with Crippen molar-refractivity contribution in [2.75, 3.05) is 6.61 Å². The monoisotopic (exact) mass is 288 g/mol. The number of aliphatic imine (C=N–C) groups is 1. The van der Waals surface area contributed by atoms with E-state index in [-0.39, 0.29) is 0 Å². The Hall–Kier alpha value is -1.51. The molecule has 0 atom stereocenters. The maximum absolute atomic E-state index is 6.12. The van der Waals surface area contributed by atoms with Crippen LogP contribution in [0.2, 0.25) is 0 Å². The third-order valence-corrected chi connectivity index (χ3v) is 4.01. The van der Waals surface area contributed by atoms with Gasteiger partial charge in [-0.2, -0.15) is 0 Å². The van der Waals surface area contributed by atoms with Gasteiger partial charge in [-0.1, -0.05) is 33.1 Å². The summed E-state index contributed by atoms with van der Waals surface area (Å²) in [5.41, 5.74) is 7.12. The van der Waals surface area contributed by atoms with Crippen LogP contribution in [0, 0.1) is 5.92 Å². The molecule has 0 amide bonds. The fraction of sp³-hybridized carbons (Fsp3) is 0.611. The molecule has 1 aliphatic carbocycles. The minimum Gasteiger partial charge on any atom is -0.494 e. The van der Waals surface area contributed by atoms with Crippen molar-refractivity contribution in [1.82, 2.24) is 0 Å². The molecule has 0 radical (unpaired) electrons. The van der Waals surface area contributed by atoms with Crippen molar-refractivity contribution < 1.29 is 4.74 Å². The Morgan fingerprint density at radius 1 is 1.19 bits per heavy atom. The van der Waals surface area contributed by atoms with E-state index in [0.29, 0.717) is 17.8 Å². The van der Waals surface area contributed by atoms with E-state index in [1.54, 1.807) is 0 Å². The van der Waals surface area contributed by atoms with E-state index in [4.69, 9.17) is 10.5 Å². The number of nitrogens with zero attached hydrogens (tertiary/aromatic N) is 1. The van der Waals surface area contributed by atoms with Gasteiger partial charge in [-0.3, -0.25) is 4.99 Å². The van der Waals surface area contributed by atoms with E-state index in [0.717, 1.165) is 24.3 Å². The lowest BCUT2D eigenvalue weighted by Gasteiger charge is -2.18. The number of hydrogen-bond donors (Lipinski definition) is 1. The SMILES string of the molecule is CC(C)CCOc1ccc(C(N)=NC2CCCCC2)cc1. The van der Waals surface area contributed by atoms with E-state index < -0.39 is 0 Å². The average Bonchev–Trinajstić information content (AvgIpc) is 2.48. The zero-order valence-corrected chi connectivity index (χ0v) is 13.3. The number of rotatable bonds is 6. The highest BCUT2D eigenvalue weighted by molar-refractivity contribution is 5.97. The summed E-state index contributed by atoms with van der Waals surface area (Å²) >= 11 is 0. The fourth-order valence-electron chi connectivity index (χ4n) is 2.62. The van der Waals surface area contributed by atoms with Crippen molar-refractivity contribution in [2.24, 2.45) is 16.6 Å². The molecule has 1 fully saturated rings. The third-order valence-electron chi connectivity index (χ3n) is 4.01. The molecule has 3 heteroatoms. The Labute approximate surface area is 128 Å². The Kier molecular flexibility index (Phi) is 6.09. The second-order valence-corrected chi connectivity index (χ2v) is 6.36. The van der Waals surface area contributed by atoms with Gasteiger partial charge in [0.15, 0.2) is 0 Å². The topological polar surface area (TPSA) is 47.6 Å². The Balaban J connectivity index is 1.89. The van der Waals surface area contributed by atoms with Gasteiger partial charge in [0.2, 0.25) is 0 Å². The lowest BCUT2D eigenvalue weighted by atomic mass is 9.96. The first kappa shape index (κ1) is 15.9. The minimum absolute atomic E-state index is 0.417. The maximum atomic E-state index is 6.12. The van der Waals surface area contributed by atoms with Gasteiger partial charge in [0.05, 0.1) is 12.6 Å². The van der Waals surface area contributed by atoms with Crippen LogP contribution in [0.1, 0.15) is 57.9 Å². The van der Waals surface area contributed by atoms with E-state index in [9.17, 15) is 0 Å². The van der Waals surface area contributed by atoms with Crippen LogP contribution in [-0.4, -0.2) is 18.5 Å². The number of nitrogens with two attached hydrogens (primary N) is 1. The van der Waals surface area contributed by atoms with Gasteiger partial charge in [-0.05, 0) is 49.4 Å². The van der Waals surface area contributed by atoms with Gasteiger partial charge < -0.3 is 10.5 Å². The molecule has 1 saturated carbocycles. The summed E-state index contributed by atoms with van der Waals surface area (Å²) in [7, 11) is 0. The van der Waals surface area contributed by atoms with Gasteiger partial charge in [0, 0.05) is 5.56 Å². The van der Waals surface area contributed by atoms with Crippen molar-refractivity contribution >= 4 is 5.84 Å². The van der Waals surface area contributed by atoms with Crippen LogP contribution >= 0.6 is 0 Å². The van der Waals surface area contributed by atoms with E-state index in [1.165, 1.54) is 32.1 Å². The fourth-order valence-corrected chi connectivity index (χ4v) is 2.62. The number of amidine groups is 1. The van der Waals surface area contributed by atoms with E-state index in [1.807, 2.05) is 24.3 Å². The number of benzene rings is 1. The molecule has 2 rings (SSSR count). The standard InChI is InChI=1S/C18H28N2O/c1-14(2)12-13-21-17-10-8-15(9-11-17)18(19)20-16-6-4-3-5-7-16/h8-11,14,16H,3-7,12-13H2,1-2H3,(H2,19,20). The lowest BCUT2D eigenvalue weighted by molar-refractivity contribution is 0.289. The van der Waals surface area contributed by atoms with Crippen molar-refractivity contribution in [3.05, 3.63) is 29.8 Å². The van der Waals surface area contributed by atoms with Gasteiger partial charge in [0.1, 0.15) is 11.6 Å². The van der Waals surface area contributed by atoms with Crippen molar-refractivity contribution in [2.45, 2.75) is 58.4 Å². The minimum atomic E-state index is 0.417. The molecule has 0 aliphatic heterocycles. The van der Waals surface area contributed by atoms with Crippen LogP contribution in [-0.2, 0) is 0 Å². The normalized spacial score (nSPS) is 17.2. The first-order valence-corrected chi connectivity index (χ1v) is 8.21. The van der Waals surface area contributed by atoms with Crippen LogP contribution in [0.3, 0.4) is 0 Å². The highest BCUT2D eigenvalue weighted by Gasteiger charge is 2.12. The Morgan fingerprint density at radius 3 is 2.48 bits per heavy atom. The summed E-state index contributed by atoms with van der Waals surface area (Å²) in [4.78, 5) is 4.67. The summed E-state index contributed by atoms with van der Waals surface area (Å²) < 4.78 is 5.72. The lowest BCUT2D eigenvalue weighted by Crippen LogP contribution is -2.19. The molecule has 0 unspecified atom stereocenters. The number of ether oxygens (including phenoxy) is 1. The summed E-state index contributed by atoms with van der Waals surface area (Å²) in [6.07, 6.45) is 7.34. The molecule has 1 aromatic carbocycles. The number of hydrogen-bond acceptors (Lipinski definition) is 2. The van der Waals surface area contributed by atoms with Crippen LogP contribution in [0.5, 0.6) is 5.75 Å². The van der Waals surface area contributed by atoms with E-state index in [2.05, 4.69) is 18.8 Å². The summed E-state index contributed by atoms with van der Waals surface area (Å²) in [5.74, 6) is 2.24. The largest absolute Gasteiger partial charge is 0.494 e. The summed E-state index contributed by atoms with van der Waals surface area (Å²) in [6.45, 7) is 5.17. The maximum Gasteiger partial charge on any atom is 0.125 e. The second-order valence-electron chi connectivity index (χ2n) is 6.36. The van der Waals surface area contributed by atoms with Crippen molar-refractivity contribution in [3.8, 4) is 5.75 Å².